The molecule has 1 aliphatic heterocycles. The highest BCUT2D eigenvalue weighted by Gasteiger charge is 2.28. The molecule has 1 saturated heterocycles. The number of hydrogen-bond donors (Lipinski definition) is 1. The molecule has 1 fully saturated rings. The molecule has 0 spiro atoms. The van der Waals surface area contributed by atoms with Crippen LogP contribution in [0.4, 0.5) is 11.4 Å². The highest BCUT2D eigenvalue weighted by atomic mass is 32.2. The van der Waals surface area contributed by atoms with Gasteiger partial charge in [-0.1, -0.05) is 12.1 Å². The Labute approximate surface area is 167 Å². The number of nitro benzene ring substituents is 1. The number of benzene rings is 2. The first-order valence-corrected chi connectivity index (χ1v) is 10.2. The van der Waals surface area contributed by atoms with Crippen LogP contribution < -0.4 is 10.2 Å². The van der Waals surface area contributed by atoms with E-state index in [1.807, 2.05) is 6.07 Å². The van der Waals surface area contributed by atoms with E-state index in [-0.39, 0.29) is 23.7 Å². The first kappa shape index (κ1) is 20.7. The maximum absolute atomic E-state index is 12.7. The number of ether oxygens (including phenoxy) is 2. The molecule has 0 aliphatic carbocycles. The van der Waals surface area contributed by atoms with Crippen molar-refractivity contribution in [3.63, 3.8) is 0 Å². The van der Waals surface area contributed by atoms with Gasteiger partial charge in [0.1, 0.15) is 11.4 Å². The van der Waals surface area contributed by atoms with E-state index in [1.54, 1.807) is 18.2 Å². The van der Waals surface area contributed by atoms with Crippen molar-refractivity contribution in [3.05, 3.63) is 58.1 Å². The Balaban J connectivity index is 1.85. The molecule has 0 aromatic heterocycles. The fourth-order valence-electron chi connectivity index (χ4n) is 2.80. The molecule has 10 nitrogen and oxygen atoms in total. The average molecular weight is 420 g/mol. The molecule has 1 N–H and O–H groups in total. The minimum absolute atomic E-state index is 0.0714. The molecule has 2 aromatic rings. The van der Waals surface area contributed by atoms with Crippen molar-refractivity contribution in [1.29, 1.82) is 0 Å². The van der Waals surface area contributed by atoms with E-state index in [2.05, 4.69) is 10.5 Å². The summed E-state index contributed by atoms with van der Waals surface area (Å²) in [6, 6.07) is 10.8. The second-order valence-electron chi connectivity index (χ2n) is 6.06. The maximum atomic E-state index is 12.7. The monoisotopic (exact) mass is 420 g/mol. The van der Waals surface area contributed by atoms with Crippen molar-refractivity contribution in [2.75, 3.05) is 38.8 Å². The van der Waals surface area contributed by atoms with Crippen molar-refractivity contribution in [3.8, 4) is 5.75 Å². The van der Waals surface area contributed by atoms with Crippen LogP contribution in [-0.2, 0) is 14.8 Å². The lowest BCUT2D eigenvalue weighted by Crippen LogP contribution is -2.40. The van der Waals surface area contributed by atoms with Gasteiger partial charge in [0.05, 0.1) is 36.4 Å². The summed E-state index contributed by atoms with van der Waals surface area (Å²) in [5, 5.41) is 15.5. The van der Waals surface area contributed by atoms with Crippen LogP contribution in [0.15, 0.2) is 52.5 Å². The molecule has 0 bridgehead atoms. The van der Waals surface area contributed by atoms with Gasteiger partial charge >= 0.3 is 0 Å². The topological polar surface area (TPSA) is 123 Å². The number of nitrogens with zero attached hydrogens (tertiary/aromatic N) is 3. The summed E-state index contributed by atoms with van der Waals surface area (Å²) in [7, 11) is -2.31. The van der Waals surface area contributed by atoms with E-state index in [0.29, 0.717) is 24.5 Å². The fourth-order valence-corrected chi connectivity index (χ4v) is 4.23. The number of methoxy groups -OCH3 is 1. The second kappa shape index (κ2) is 8.99. The zero-order valence-corrected chi connectivity index (χ0v) is 16.5. The van der Waals surface area contributed by atoms with Crippen molar-refractivity contribution >= 4 is 27.6 Å². The molecular formula is C18H20N4O6S. The lowest BCUT2D eigenvalue weighted by Gasteiger charge is -2.26. The number of morpholine rings is 1. The molecule has 0 atom stereocenters. The Morgan fingerprint density at radius 2 is 1.97 bits per heavy atom. The Bertz CT molecular complexity index is 1020. The van der Waals surface area contributed by atoms with Gasteiger partial charge in [0.2, 0.25) is 10.0 Å². The average Bonchev–Trinajstić information content (AvgIpc) is 2.74. The Morgan fingerprint density at radius 3 is 2.66 bits per heavy atom. The zero-order chi connectivity index (χ0) is 20.9. The predicted molar refractivity (Wildman–Crippen MR) is 107 cm³/mol. The molecule has 0 radical (unpaired) electrons. The number of para-hydroxylation sites is 1. The van der Waals surface area contributed by atoms with Gasteiger partial charge in [-0.25, -0.2) is 8.42 Å². The number of hydrazone groups is 1. The largest absolute Gasteiger partial charge is 0.496 e. The van der Waals surface area contributed by atoms with Gasteiger partial charge in [-0.3, -0.25) is 15.5 Å². The van der Waals surface area contributed by atoms with Crippen LogP contribution in [0.3, 0.4) is 0 Å². The Kier molecular flexibility index (Phi) is 6.42. The summed E-state index contributed by atoms with van der Waals surface area (Å²) < 4.78 is 37.1. The van der Waals surface area contributed by atoms with Gasteiger partial charge in [-0.2, -0.15) is 9.41 Å². The third-order valence-corrected chi connectivity index (χ3v) is 6.20. The molecule has 11 heteroatoms. The van der Waals surface area contributed by atoms with Gasteiger partial charge in [0.25, 0.3) is 5.69 Å². The molecule has 3 rings (SSSR count). The highest BCUT2D eigenvalue weighted by molar-refractivity contribution is 7.89. The molecule has 0 amide bonds. The van der Waals surface area contributed by atoms with Crippen molar-refractivity contribution < 1.29 is 22.8 Å². The first-order valence-electron chi connectivity index (χ1n) is 8.72. The van der Waals surface area contributed by atoms with Crippen LogP contribution in [0.5, 0.6) is 5.75 Å². The highest BCUT2D eigenvalue weighted by Crippen LogP contribution is 2.29. The molecule has 29 heavy (non-hydrogen) atoms. The summed E-state index contributed by atoms with van der Waals surface area (Å²) in [6.45, 7) is 0.996. The van der Waals surface area contributed by atoms with Crippen molar-refractivity contribution in [2.45, 2.75) is 4.90 Å². The van der Waals surface area contributed by atoms with E-state index < -0.39 is 20.6 Å². The number of nitrogens with one attached hydrogen (secondary N) is 1. The van der Waals surface area contributed by atoms with Crippen LogP contribution in [0.1, 0.15) is 5.56 Å². The van der Waals surface area contributed by atoms with Crippen LogP contribution in [0.2, 0.25) is 0 Å². The lowest BCUT2D eigenvalue weighted by molar-refractivity contribution is -0.384. The van der Waals surface area contributed by atoms with Crippen molar-refractivity contribution in [2.24, 2.45) is 5.10 Å². The first-order chi connectivity index (χ1) is 13.9. The molecule has 154 valence electrons. The normalized spacial score (nSPS) is 15.3. The molecule has 1 heterocycles. The van der Waals surface area contributed by atoms with Gasteiger partial charge in [0.15, 0.2) is 0 Å². The third kappa shape index (κ3) is 4.70. The summed E-state index contributed by atoms with van der Waals surface area (Å²) in [5.41, 5.74) is 2.95. The minimum atomic E-state index is -3.84. The van der Waals surface area contributed by atoms with Crippen LogP contribution >= 0.6 is 0 Å². The third-order valence-electron chi connectivity index (χ3n) is 4.30. The van der Waals surface area contributed by atoms with Crippen LogP contribution in [0.25, 0.3) is 0 Å². The van der Waals surface area contributed by atoms with Gasteiger partial charge < -0.3 is 9.47 Å². The van der Waals surface area contributed by atoms with Gasteiger partial charge in [0, 0.05) is 24.7 Å². The SMILES string of the molecule is COc1ccccc1/C=N\Nc1ccc(S(=O)(=O)N2CCOCC2)cc1[N+](=O)[O-]. The number of nitro groups is 1. The van der Waals surface area contributed by atoms with Gasteiger partial charge in [-0.15, -0.1) is 0 Å². The molecular weight excluding hydrogens is 400 g/mol. The van der Waals surface area contributed by atoms with Crippen LogP contribution in [-0.4, -0.2) is 57.3 Å². The number of hydrogen-bond acceptors (Lipinski definition) is 8. The number of rotatable bonds is 7. The Hall–Kier alpha value is -3.02. The lowest BCUT2D eigenvalue weighted by atomic mass is 10.2. The van der Waals surface area contributed by atoms with E-state index >= 15 is 0 Å². The molecule has 1 aliphatic rings. The second-order valence-corrected chi connectivity index (χ2v) is 8.00. The minimum Gasteiger partial charge on any atom is -0.496 e. The van der Waals surface area contributed by atoms with Gasteiger partial charge in [-0.05, 0) is 24.3 Å². The molecule has 0 unspecified atom stereocenters. The summed E-state index contributed by atoms with van der Waals surface area (Å²) in [4.78, 5) is 10.7. The quantitative estimate of drug-likeness (QED) is 0.413. The Morgan fingerprint density at radius 1 is 1.24 bits per heavy atom. The summed E-state index contributed by atoms with van der Waals surface area (Å²) in [5.74, 6) is 0.597. The standard InChI is InChI=1S/C18H20N4O6S/c1-27-18-5-3-2-4-14(18)13-19-20-16-7-6-15(12-17(16)22(23)24)29(25,26)21-8-10-28-11-9-21/h2-7,12-13,20H,8-11H2,1H3/b19-13-. The number of sulfonamides is 1. The molecule has 2 aromatic carbocycles. The maximum Gasteiger partial charge on any atom is 0.295 e. The zero-order valence-electron chi connectivity index (χ0n) is 15.6. The smallest absolute Gasteiger partial charge is 0.295 e. The summed E-state index contributed by atoms with van der Waals surface area (Å²) in [6.07, 6.45) is 1.46. The fraction of sp³-hybridized carbons (Fsp3) is 0.278. The van der Waals surface area contributed by atoms with E-state index in [1.165, 1.54) is 29.8 Å². The van der Waals surface area contributed by atoms with E-state index in [0.717, 1.165) is 6.07 Å². The number of anilines is 1. The van der Waals surface area contributed by atoms with E-state index in [4.69, 9.17) is 9.47 Å². The van der Waals surface area contributed by atoms with Crippen molar-refractivity contribution in [1.82, 2.24) is 4.31 Å². The summed E-state index contributed by atoms with van der Waals surface area (Å²) >= 11 is 0. The predicted octanol–water partition coefficient (Wildman–Crippen LogP) is 2.07. The molecule has 0 saturated carbocycles. The van der Waals surface area contributed by atoms with Crippen LogP contribution in [0, 0.1) is 10.1 Å². The van der Waals surface area contributed by atoms with E-state index in [9.17, 15) is 18.5 Å².